The maximum absolute atomic E-state index is 13.9. The number of rotatable bonds is 6. The fourth-order valence-corrected chi connectivity index (χ4v) is 2.40. The van der Waals surface area contributed by atoms with E-state index in [1.807, 2.05) is 13.8 Å². The number of anilines is 1. The van der Waals surface area contributed by atoms with Gasteiger partial charge in [-0.1, -0.05) is 5.16 Å². The summed E-state index contributed by atoms with van der Waals surface area (Å²) in [5.41, 5.74) is 1.17. The molecule has 1 aromatic heterocycles. The van der Waals surface area contributed by atoms with Crippen molar-refractivity contribution < 1.29 is 18.6 Å². The molecule has 23 heavy (non-hydrogen) atoms. The Bertz CT molecular complexity index is 710. The molecule has 0 fully saturated rings. The Morgan fingerprint density at radius 2 is 2.17 bits per heavy atom. The van der Waals surface area contributed by atoms with Gasteiger partial charge in [0.15, 0.2) is 0 Å². The number of methoxy groups -OCH3 is 1. The van der Waals surface area contributed by atoms with Crippen LogP contribution >= 0.6 is 0 Å². The molecule has 0 aliphatic carbocycles. The highest BCUT2D eigenvalue weighted by molar-refractivity contribution is 5.65. The number of nitro benzene ring substituents is 1. The number of aromatic nitrogens is 1. The number of hydrogen-bond donors (Lipinski definition) is 1. The summed E-state index contributed by atoms with van der Waals surface area (Å²) < 4.78 is 24.0. The minimum atomic E-state index is -0.943. The largest absolute Gasteiger partial charge is 0.497 e. The second kappa shape index (κ2) is 6.64. The highest BCUT2D eigenvalue weighted by atomic mass is 19.1. The van der Waals surface area contributed by atoms with Crippen LogP contribution in [0.1, 0.15) is 23.9 Å². The zero-order valence-electron chi connectivity index (χ0n) is 13.3. The third kappa shape index (κ3) is 3.58. The third-order valence-corrected chi connectivity index (χ3v) is 3.55. The van der Waals surface area contributed by atoms with Crippen LogP contribution in [0.5, 0.6) is 5.75 Å². The fourth-order valence-electron chi connectivity index (χ4n) is 2.40. The lowest BCUT2D eigenvalue weighted by Gasteiger charge is -2.16. The zero-order chi connectivity index (χ0) is 17.1. The highest BCUT2D eigenvalue weighted by Gasteiger charge is 2.24. The molecule has 1 atom stereocenters. The van der Waals surface area contributed by atoms with E-state index in [-0.39, 0.29) is 17.5 Å². The Morgan fingerprint density at radius 1 is 1.48 bits per heavy atom. The van der Waals surface area contributed by atoms with Crippen molar-refractivity contribution in [3.8, 4) is 5.75 Å². The molecule has 2 rings (SSSR count). The molecular weight excluding hydrogens is 305 g/mol. The third-order valence-electron chi connectivity index (χ3n) is 3.55. The average molecular weight is 323 g/mol. The molecule has 1 N–H and O–H groups in total. The Balaban J connectivity index is 2.28. The van der Waals surface area contributed by atoms with Crippen LogP contribution in [0.4, 0.5) is 15.8 Å². The molecule has 1 unspecified atom stereocenters. The normalized spacial score (nSPS) is 12.0. The van der Waals surface area contributed by atoms with E-state index >= 15 is 0 Å². The molecule has 0 aliphatic heterocycles. The number of halogens is 1. The number of ether oxygens (including phenoxy) is 1. The Hall–Kier alpha value is -2.64. The number of nitrogens with zero attached hydrogens (tertiary/aromatic N) is 2. The van der Waals surface area contributed by atoms with E-state index in [4.69, 9.17) is 9.26 Å². The van der Waals surface area contributed by atoms with Gasteiger partial charge in [-0.25, -0.2) is 0 Å². The predicted molar refractivity (Wildman–Crippen MR) is 82.4 cm³/mol. The molecular formula is C15H18FN3O4. The van der Waals surface area contributed by atoms with Crippen molar-refractivity contribution >= 4 is 11.4 Å². The smallest absolute Gasteiger partial charge is 0.327 e. The van der Waals surface area contributed by atoms with Crippen LogP contribution in [-0.2, 0) is 6.42 Å². The van der Waals surface area contributed by atoms with Gasteiger partial charge < -0.3 is 14.6 Å². The first-order valence-electron chi connectivity index (χ1n) is 7.03. The van der Waals surface area contributed by atoms with Crippen molar-refractivity contribution in [2.45, 2.75) is 33.2 Å². The second-order valence-electron chi connectivity index (χ2n) is 5.31. The van der Waals surface area contributed by atoms with Gasteiger partial charge in [-0.05, 0) is 27.2 Å². The number of nitro groups is 1. The van der Waals surface area contributed by atoms with Crippen molar-refractivity contribution in [2.75, 3.05) is 12.4 Å². The van der Waals surface area contributed by atoms with Gasteiger partial charge in [-0.2, -0.15) is 4.39 Å². The van der Waals surface area contributed by atoms with Crippen LogP contribution in [0.2, 0.25) is 0 Å². The number of nitrogens with one attached hydrogen (secondary N) is 1. The van der Waals surface area contributed by atoms with Crippen LogP contribution in [0, 0.1) is 29.8 Å². The molecule has 124 valence electrons. The summed E-state index contributed by atoms with van der Waals surface area (Å²) in [5, 5.41) is 18.0. The average Bonchev–Trinajstić information content (AvgIpc) is 2.78. The lowest BCUT2D eigenvalue weighted by molar-refractivity contribution is -0.386. The molecule has 0 radical (unpaired) electrons. The summed E-state index contributed by atoms with van der Waals surface area (Å²) in [7, 11) is 1.37. The van der Waals surface area contributed by atoms with Crippen LogP contribution in [0.15, 0.2) is 16.7 Å². The standard InChI is InChI=1S/C15H18FN3O4/c1-8(5-12-9(2)18-23-10(12)3)17-14-7-11(22-4)6-13(16)15(14)19(20)21/h6-8,17H,5H2,1-4H3. The van der Waals surface area contributed by atoms with Crippen LogP contribution in [-0.4, -0.2) is 23.2 Å². The summed E-state index contributed by atoms with van der Waals surface area (Å²) in [5.74, 6) is -0.0380. The molecule has 0 saturated carbocycles. The topological polar surface area (TPSA) is 90.4 Å². The van der Waals surface area contributed by atoms with E-state index in [0.29, 0.717) is 12.2 Å². The maximum Gasteiger partial charge on any atom is 0.327 e. The van der Waals surface area contributed by atoms with E-state index in [0.717, 1.165) is 17.3 Å². The SMILES string of the molecule is COc1cc(F)c([N+](=O)[O-])c(NC(C)Cc2c(C)noc2C)c1. The number of benzene rings is 1. The molecule has 0 amide bonds. The van der Waals surface area contributed by atoms with Gasteiger partial charge in [0.1, 0.15) is 17.2 Å². The molecule has 8 heteroatoms. The Kier molecular flexibility index (Phi) is 4.83. The maximum atomic E-state index is 13.9. The monoisotopic (exact) mass is 323 g/mol. The summed E-state index contributed by atoms with van der Waals surface area (Å²) in [4.78, 5) is 10.4. The molecule has 2 aromatic rings. The molecule has 0 saturated heterocycles. The zero-order valence-corrected chi connectivity index (χ0v) is 13.3. The first-order chi connectivity index (χ1) is 10.8. The lowest BCUT2D eigenvalue weighted by Crippen LogP contribution is -2.20. The van der Waals surface area contributed by atoms with Gasteiger partial charge in [0.2, 0.25) is 5.82 Å². The van der Waals surface area contributed by atoms with Crippen LogP contribution in [0.3, 0.4) is 0 Å². The summed E-state index contributed by atoms with van der Waals surface area (Å²) >= 11 is 0. The van der Waals surface area contributed by atoms with Crippen LogP contribution in [0.25, 0.3) is 0 Å². The summed E-state index contributed by atoms with van der Waals surface area (Å²) in [6.45, 7) is 5.47. The van der Waals surface area contributed by atoms with Gasteiger partial charge in [-0.15, -0.1) is 0 Å². The minimum Gasteiger partial charge on any atom is -0.497 e. The quantitative estimate of drug-likeness (QED) is 0.647. The molecule has 1 heterocycles. The lowest BCUT2D eigenvalue weighted by atomic mass is 10.1. The highest BCUT2D eigenvalue weighted by Crippen LogP contribution is 2.33. The summed E-state index contributed by atoms with van der Waals surface area (Å²) in [6, 6.07) is 2.20. The van der Waals surface area contributed by atoms with E-state index in [1.54, 1.807) is 6.92 Å². The Labute approximate surface area is 132 Å². The minimum absolute atomic E-state index is 0.0751. The molecule has 0 bridgehead atoms. The Morgan fingerprint density at radius 3 is 2.70 bits per heavy atom. The van der Waals surface area contributed by atoms with E-state index in [2.05, 4.69) is 10.5 Å². The van der Waals surface area contributed by atoms with E-state index < -0.39 is 16.4 Å². The van der Waals surface area contributed by atoms with Crippen molar-refractivity contribution in [1.29, 1.82) is 0 Å². The van der Waals surface area contributed by atoms with Gasteiger partial charge in [0.05, 0.1) is 17.7 Å². The second-order valence-corrected chi connectivity index (χ2v) is 5.31. The number of aryl methyl sites for hydroxylation is 2. The first kappa shape index (κ1) is 16.7. The van der Waals surface area contributed by atoms with Crippen molar-refractivity contribution in [3.63, 3.8) is 0 Å². The van der Waals surface area contributed by atoms with E-state index in [9.17, 15) is 14.5 Å². The van der Waals surface area contributed by atoms with Gasteiger partial charge in [0.25, 0.3) is 0 Å². The van der Waals surface area contributed by atoms with Crippen molar-refractivity contribution in [2.24, 2.45) is 0 Å². The first-order valence-corrected chi connectivity index (χ1v) is 7.03. The van der Waals surface area contributed by atoms with Crippen molar-refractivity contribution in [1.82, 2.24) is 5.16 Å². The molecule has 0 aliphatic rings. The van der Waals surface area contributed by atoms with Crippen molar-refractivity contribution in [3.05, 3.63) is 45.1 Å². The summed E-state index contributed by atoms with van der Waals surface area (Å²) in [6.07, 6.45) is 0.539. The molecule has 1 aromatic carbocycles. The van der Waals surface area contributed by atoms with E-state index in [1.165, 1.54) is 13.2 Å². The van der Waals surface area contributed by atoms with Gasteiger partial charge in [-0.3, -0.25) is 10.1 Å². The van der Waals surface area contributed by atoms with Gasteiger partial charge in [0, 0.05) is 23.7 Å². The molecule has 7 nitrogen and oxygen atoms in total. The van der Waals surface area contributed by atoms with Crippen LogP contribution < -0.4 is 10.1 Å². The van der Waals surface area contributed by atoms with Gasteiger partial charge >= 0.3 is 5.69 Å². The fraction of sp³-hybridized carbons (Fsp3) is 0.400. The predicted octanol–water partition coefficient (Wildman–Crippen LogP) is 3.39. The molecule has 0 spiro atoms. The number of hydrogen-bond acceptors (Lipinski definition) is 6.